The van der Waals surface area contributed by atoms with Crippen LogP contribution in [-0.4, -0.2) is 34.9 Å². The second kappa shape index (κ2) is 7.41. The molecule has 0 bridgehead atoms. The second-order valence-electron chi connectivity index (χ2n) is 6.57. The zero-order valence-electron chi connectivity index (χ0n) is 14.3. The third kappa shape index (κ3) is 3.70. The molecule has 0 saturated carbocycles. The number of imide groups is 1. The van der Waals surface area contributed by atoms with Gasteiger partial charge in [0, 0.05) is 29.2 Å². The SMILES string of the molecule is CC(=O)c1cccc(NC(=O)CCN2C(=O)[C@H]3CC=C(Cl)C[C@@H]3C2=O)c1. The third-order valence-corrected chi connectivity index (χ3v) is 5.08. The maximum Gasteiger partial charge on any atom is 0.233 e. The first-order chi connectivity index (χ1) is 12.4. The van der Waals surface area contributed by atoms with E-state index in [4.69, 9.17) is 11.6 Å². The highest BCUT2D eigenvalue weighted by molar-refractivity contribution is 6.30. The largest absolute Gasteiger partial charge is 0.326 e. The van der Waals surface area contributed by atoms with Crippen LogP contribution in [0.5, 0.6) is 0 Å². The van der Waals surface area contributed by atoms with Crippen molar-refractivity contribution in [1.29, 1.82) is 0 Å². The molecule has 6 nitrogen and oxygen atoms in total. The summed E-state index contributed by atoms with van der Waals surface area (Å²) < 4.78 is 0. The zero-order valence-corrected chi connectivity index (χ0v) is 15.1. The summed E-state index contributed by atoms with van der Waals surface area (Å²) in [5, 5.41) is 3.30. The number of benzene rings is 1. The lowest BCUT2D eigenvalue weighted by Gasteiger charge is -2.17. The van der Waals surface area contributed by atoms with Gasteiger partial charge in [0.1, 0.15) is 0 Å². The van der Waals surface area contributed by atoms with Crippen LogP contribution in [-0.2, 0) is 14.4 Å². The quantitative estimate of drug-likeness (QED) is 0.634. The molecule has 3 amide bonds. The minimum absolute atomic E-state index is 0.00236. The monoisotopic (exact) mass is 374 g/mol. The highest BCUT2D eigenvalue weighted by Gasteiger charge is 2.48. The molecule has 1 aliphatic carbocycles. The van der Waals surface area contributed by atoms with E-state index in [1.165, 1.54) is 11.8 Å². The number of hydrogen-bond donors (Lipinski definition) is 1. The summed E-state index contributed by atoms with van der Waals surface area (Å²) in [6.45, 7) is 1.49. The van der Waals surface area contributed by atoms with Crippen molar-refractivity contribution < 1.29 is 19.2 Å². The van der Waals surface area contributed by atoms with Gasteiger partial charge < -0.3 is 5.32 Å². The molecule has 3 rings (SSSR count). The van der Waals surface area contributed by atoms with E-state index in [-0.39, 0.29) is 42.4 Å². The van der Waals surface area contributed by atoms with E-state index < -0.39 is 5.92 Å². The fourth-order valence-corrected chi connectivity index (χ4v) is 3.62. The highest BCUT2D eigenvalue weighted by Crippen LogP contribution is 2.38. The molecular formula is C19H19ClN2O4. The lowest BCUT2D eigenvalue weighted by atomic mass is 9.85. The summed E-state index contributed by atoms with van der Waals surface area (Å²) in [7, 11) is 0. The first-order valence-corrected chi connectivity index (χ1v) is 8.85. The lowest BCUT2D eigenvalue weighted by molar-refractivity contribution is -0.140. The number of allylic oxidation sites excluding steroid dienone is 2. The van der Waals surface area contributed by atoms with Crippen molar-refractivity contribution in [3.8, 4) is 0 Å². The van der Waals surface area contributed by atoms with Gasteiger partial charge in [0.2, 0.25) is 17.7 Å². The van der Waals surface area contributed by atoms with Gasteiger partial charge in [-0.3, -0.25) is 24.1 Å². The highest BCUT2D eigenvalue weighted by atomic mass is 35.5. The average molecular weight is 375 g/mol. The summed E-state index contributed by atoms with van der Waals surface area (Å²) in [4.78, 5) is 49.6. The number of nitrogens with one attached hydrogen (secondary N) is 1. The Morgan fingerprint density at radius 3 is 2.69 bits per heavy atom. The number of fused-ring (bicyclic) bond motifs is 1. The van der Waals surface area contributed by atoms with E-state index in [9.17, 15) is 19.2 Å². The number of anilines is 1. The predicted molar refractivity (Wildman–Crippen MR) is 96.6 cm³/mol. The molecule has 0 radical (unpaired) electrons. The van der Waals surface area contributed by atoms with Gasteiger partial charge in [-0.2, -0.15) is 0 Å². The van der Waals surface area contributed by atoms with Gasteiger partial charge in [0.15, 0.2) is 5.78 Å². The van der Waals surface area contributed by atoms with Crippen LogP contribution in [0.4, 0.5) is 5.69 Å². The number of carbonyl (C=O) groups is 4. The van der Waals surface area contributed by atoms with Gasteiger partial charge in [0.25, 0.3) is 0 Å². The van der Waals surface area contributed by atoms with E-state index in [2.05, 4.69) is 5.32 Å². The molecule has 1 saturated heterocycles. The standard InChI is InChI=1S/C19H19ClN2O4/c1-11(23)12-3-2-4-14(9-12)21-17(24)7-8-22-18(25)15-6-5-13(20)10-16(15)19(22)26/h2-5,9,15-16H,6-8,10H2,1H3,(H,21,24)/t15-,16-/m0/s1. The molecule has 1 aromatic rings. The Morgan fingerprint density at radius 1 is 1.23 bits per heavy atom. The summed E-state index contributed by atoms with van der Waals surface area (Å²) in [6.07, 6.45) is 2.64. The van der Waals surface area contributed by atoms with E-state index in [0.29, 0.717) is 29.1 Å². The summed E-state index contributed by atoms with van der Waals surface area (Å²) >= 11 is 5.99. The molecule has 1 aliphatic heterocycles. The van der Waals surface area contributed by atoms with Crippen molar-refractivity contribution in [3.63, 3.8) is 0 Å². The molecule has 2 atom stereocenters. The van der Waals surface area contributed by atoms with Gasteiger partial charge in [-0.15, -0.1) is 0 Å². The van der Waals surface area contributed by atoms with Gasteiger partial charge in [-0.1, -0.05) is 29.8 Å². The number of carbonyl (C=O) groups excluding carboxylic acids is 4. The number of nitrogens with zero attached hydrogens (tertiary/aromatic N) is 1. The van der Waals surface area contributed by atoms with Crippen LogP contribution < -0.4 is 5.32 Å². The second-order valence-corrected chi connectivity index (χ2v) is 7.05. The van der Waals surface area contributed by atoms with Crippen LogP contribution in [0, 0.1) is 11.8 Å². The average Bonchev–Trinajstić information content (AvgIpc) is 2.83. The Hall–Kier alpha value is -2.47. The van der Waals surface area contributed by atoms with Crippen LogP contribution in [0.25, 0.3) is 0 Å². The first-order valence-electron chi connectivity index (χ1n) is 8.47. The van der Waals surface area contributed by atoms with Crippen LogP contribution in [0.1, 0.15) is 36.5 Å². The molecule has 2 aliphatic rings. The number of likely N-dealkylation sites (tertiary alicyclic amines) is 1. The predicted octanol–water partition coefficient (Wildman–Crippen LogP) is 2.74. The minimum Gasteiger partial charge on any atom is -0.326 e. The fourth-order valence-electron chi connectivity index (χ4n) is 3.37. The van der Waals surface area contributed by atoms with E-state index >= 15 is 0 Å². The normalized spacial score (nSPS) is 22.1. The van der Waals surface area contributed by atoms with Crippen molar-refractivity contribution in [2.24, 2.45) is 11.8 Å². The Morgan fingerprint density at radius 2 is 1.96 bits per heavy atom. The Bertz CT molecular complexity index is 818. The summed E-state index contributed by atoms with van der Waals surface area (Å²) in [6, 6.07) is 6.62. The fraction of sp³-hybridized carbons (Fsp3) is 0.368. The van der Waals surface area contributed by atoms with Crippen LogP contribution in [0.2, 0.25) is 0 Å². The minimum atomic E-state index is -0.407. The molecule has 1 heterocycles. The number of halogens is 1. The van der Waals surface area contributed by atoms with Gasteiger partial charge in [-0.25, -0.2) is 0 Å². The number of ketones is 1. The number of Topliss-reactive ketones (excluding diaryl/α,β-unsaturated/α-hetero) is 1. The number of hydrogen-bond acceptors (Lipinski definition) is 4. The van der Waals surface area contributed by atoms with Crippen LogP contribution in [0.3, 0.4) is 0 Å². The number of rotatable bonds is 5. The number of amides is 3. The molecule has 1 fully saturated rings. The molecule has 26 heavy (non-hydrogen) atoms. The first kappa shape index (κ1) is 18.3. The van der Waals surface area contributed by atoms with E-state index in [1.54, 1.807) is 30.3 Å². The molecule has 7 heteroatoms. The summed E-state index contributed by atoms with van der Waals surface area (Å²) in [5.41, 5.74) is 1.01. The van der Waals surface area contributed by atoms with Gasteiger partial charge in [0.05, 0.1) is 11.8 Å². The van der Waals surface area contributed by atoms with Gasteiger partial charge in [-0.05, 0) is 31.9 Å². The Balaban J connectivity index is 1.58. The molecule has 1 N–H and O–H groups in total. The lowest BCUT2D eigenvalue weighted by Crippen LogP contribution is -2.34. The van der Waals surface area contributed by atoms with Crippen molar-refractivity contribution in [1.82, 2.24) is 4.90 Å². The Kier molecular flexibility index (Phi) is 5.23. The third-order valence-electron chi connectivity index (χ3n) is 4.78. The molecular weight excluding hydrogens is 356 g/mol. The van der Waals surface area contributed by atoms with Crippen molar-refractivity contribution in [2.75, 3.05) is 11.9 Å². The van der Waals surface area contributed by atoms with E-state index in [1.807, 2.05) is 0 Å². The smallest absolute Gasteiger partial charge is 0.233 e. The van der Waals surface area contributed by atoms with Crippen LogP contribution in [0.15, 0.2) is 35.4 Å². The molecule has 0 spiro atoms. The van der Waals surface area contributed by atoms with Gasteiger partial charge >= 0.3 is 0 Å². The zero-order chi connectivity index (χ0) is 18.8. The maximum atomic E-state index is 12.4. The topological polar surface area (TPSA) is 83.6 Å². The summed E-state index contributed by atoms with van der Waals surface area (Å²) in [5.74, 6) is -1.67. The van der Waals surface area contributed by atoms with E-state index in [0.717, 1.165) is 0 Å². The van der Waals surface area contributed by atoms with Crippen molar-refractivity contribution in [2.45, 2.75) is 26.2 Å². The molecule has 1 aromatic carbocycles. The van der Waals surface area contributed by atoms with Crippen molar-refractivity contribution in [3.05, 3.63) is 40.9 Å². The van der Waals surface area contributed by atoms with Crippen molar-refractivity contribution >= 4 is 40.8 Å². The van der Waals surface area contributed by atoms with Crippen LogP contribution >= 0.6 is 11.6 Å². The Labute approximate surface area is 156 Å². The molecule has 0 unspecified atom stereocenters. The molecule has 136 valence electrons. The molecule has 0 aromatic heterocycles. The maximum absolute atomic E-state index is 12.4.